The van der Waals surface area contributed by atoms with Crippen LogP contribution in [0.1, 0.15) is 20.3 Å². The van der Waals surface area contributed by atoms with Crippen LogP contribution in [0.2, 0.25) is 5.02 Å². The standard InChI is InChI=1S/C15H19ClN2O2/c1-9(2)8-17-14(19)10-7-11(10)15(20)18-13-6-4-3-5-12(13)16/h3-6,9-11H,7-8H2,1-2H3,(H,17,19)(H,18,20). The summed E-state index contributed by atoms with van der Waals surface area (Å²) in [7, 11) is 0. The smallest absolute Gasteiger partial charge is 0.228 e. The first-order valence-electron chi connectivity index (χ1n) is 6.82. The molecule has 5 heteroatoms. The van der Waals surface area contributed by atoms with Crippen molar-refractivity contribution in [3.63, 3.8) is 0 Å². The van der Waals surface area contributed by atoms with Crippen LogP contribution in [-0.4, -0.2) is 18.4 Å². The van der Waals surface area contributed by atoms with E-state index < -0.39 is 0 Å². The number of nitrogens with one attached hydrogen (secondary N) is 2. The monoisotopic (exact) mass is 294 g/mol. The van der Waals surface area contributed by atoms with Crippen molar-refractivity contribution in [3.8, 4) is 0 Å². The highest BCUT2D eigenvalue weighted by molar-refractivity contribution is 6.33. The van der Waals surface area contributed by atoms with E-state index >= 15 is 0 Å². The molecule has 1 aromatic carbocycles. The normalized spacial score (nSPS) is 20.6. The van der Waals surface area contributed by atoms with Crippen molar-refractivity contribution >= 4 is 29.1 Å². The molecule has 1 aliphatic rings. The molecule has 20 heavy (non-hydrogen) atoms. The van der Waals surface area contributed by atoms with E-state index in [1.54, 1.807) is 24.3 Å². The van der Waals surface area contributed by atoms with Gasteiger partial charge in [-0.3, -0.25) is 9.59 Å². The van der Waals surface area contributed by atoms with Crippen LogP contribution in [-0.2, 0) is 9.59 Å². The summed E-state index contributed by atoms with van der Waals surface area (Å²) in [5.74, 6) is -0.191. The molecule has 0 radical (unpaired) electrons. The second-order valence-corrected chi connectivity index (χ2v) is 5.96. The molecule has 0 aromatic heterocycles. The first-order valence-corrected chi connectivity index (χ1v) is 7.20. The molecule has 1 aliphatic carbocycles. The molecule has 0 heterocycles. The summed E-state index contributed by atoms with van der Waals surface area (Å²) < 4.78 is 0. The van der Waals surface area contributed by atoms with Gasteiger partial charge in [0.15, 0.2) is 0 Å². The van der Waals surface area contributed by atoms with Gasteiger partial charge < -0.3 is 10.6 Å². The van der Waals surface area contributed by atoms with E-state index in [1.807, 2.05) is 13.8 Å². The molecule has 1 saturated carbocycles. The highest BCUT2D eigenvalue weighted by Gasteiger charge is 2.47. The number of halogens is 1. The lowest BCUT2D eigenvalue weighted by Crippen LogP contribution is -2.30. The maximum absolute atomic E-state index is 12.0. The quantitative estimate of drug-likeness (QED) is 0.877. The van der Waals surface area contributed by atoms with E-state index in [0.29, 0.717) is 29.6 Å². The Bertz CT molecular complexity index is 516. The lowest BCUT2D eigenvalue weighted by molar-refractivity contribution is -0.125. The van der Waals surface area contributed by atoms with Crippen molar-refractivity contribution in [2.45, 2.75) is 20.3 Å². The zero-order valence-corrected chi connectivity index (χ0v) is 12.4. The Morgan fingerprint density at radius 3 is 2.55 bits per heavy atom. The van der Waals surface area contributed by atoms with Crippen molar-refractivity contribution in [2.24, 2.45) is 17.8 Å². The minimum atomic E-state index is -0.238. The van der Waals surface area contributed by atoms with E-state index in [4.69, 9.17) is 11.6 Å². The summed E-state index contributed by atoms with van der Waals surface area (Å²) in [4.78, 5) is 23.9. The van der Waals surface area contributed by atoms with Crippen LogP contribution < -0.4 is 10.6 Å². The Morgan fingerprint density at radius 1 is 1.25 bits per heavy atom. The zero-order valence-electron chi connectivity index (χ0n) is 11.7. The van der Waals surface area contributed by atoms with Gasteiger partial charge >= 0.3 is 0 Å². The molecule has 0 spiro atoms. The zero-order chi connectivity index (χ0) is 14.7. The Balaban J connectivity index is 1.84. The fourth-order valence-electron chi connectivity index (χ4n) is 2.00. The number of benzene rings is 1. The van der Waals surface area contributed by atoms with E-state index in [-0.39, 0.29) is 23.7 Å². The first kappa shape index (κ1) is 14.9. The van der Waals surface area contributed by atoms with Crippen molar-refractivity contribution in [2.75, 3.05) is 11.9 Å². The number of amides is 2. The molecule has 0 aliphatic heterocycles. The molecule has 0 bridgehead atoms. The van der Waals surface area contributed by atoms with Crippen LogP contribution in [0.5, 0.6) is 0 Å². The van der Waals surface area contributed by atoms with Gasteiger partial charge in [-0.25, -0.2) is 0 Å². The third-order valence-corrected chi connectivity index (χ3v) is 3.61. The largest absolute Gasteiger partial charge is 0.356 e. The highest BCUT2D eigenvalue weighted by Crippen LogP contribution is 2.39. The second-order valence-electron chi connectivity index (χ2n) is 5.56. The van der Waals surface area contributed by atoms with Crippen LogP contribution in [0, 0.1) is 17.8 Å². The van der Waals surface area contributed by atoms with Gasteiger partial charge in [-0.2, -0.15) is 0 Å². The molecule has 2 N–H and O–H groups in total. The molecule has 2 rings (SSSR count). The topological polar surface area (TPSA) is 58.2 Å². The number of para-hydroxylation sites is 1. The van der Waals surface area contributed by atoms with Gasteiger partial charge in [0.25, 0.3) is 0 Å². The van der Waals surface area contributed by atoms with Crippen LogP contribution >= 0.6 is 11.6 Å². The third-order valence-electron chi connectivity index (χ3n) is 3.28. The summed E-state index contributed by atoms with van der Waals surface area (Å²) >= 11 is 5.98. The number of carbonyl (C=O) groups is 2. The lowest BCUT2D eigenvalue weighted by Gasteiger charge is -2.08. The number of hydrogen-bond acceptors (Lipinski definition) is 2. The van der Waals surface area contributed by atoms with Gasteiger partial charge in [-0.1, -0.05) is 37.6 Å². The molecule has 2 atom stereocenters. The van der Waals surface area contributed by atoms with Crippen molar-refractivity contribution in [3.05, 3.63) is 29.3 Å². The minimum absolute atomic E-state index is 0.0296. The Kier molecular flexibility index (Phi) is 4.65. The van der Waals surface area contributed by atoms with Crippen molar-refractivity contribution in [1.29, 1.82) is 0 Å². The molecular formula is C15H19ClN2O2. The van der Waals surface area contributed by atoms with Gasteiger partial charge in [0.1, 0.15) is 0 Å². The average Bonchev–Trinajstić information content (AvgIpc) is 3.19. The molecule has 4 nitrogen and oxygen atoms in total. The number of anilines is 1. The number of hydrogen-bond donors (Lipinski definition) is 2. The average molecular weight is 295 g/mol. The lowest BCUT2D eigenvalue weighted by atomic mass is 10.2. The van der Waals surface area contributed by atoms with Gasteiger partial charge in [0.05, 0.1) is 22.5 Å². The summed E-state index contributed by atoms with van der Waals surface area (Å²) in [5.41, 5.74) is 0.590. The molecule has 2 amide bonds. The molecule has 1 aromatic rings. The highest BCUT2D eigenvalue weighted by atomic mass is 35.5. The Labute approximate surface area is 123 Å². The van der Waals surface area contributed by atoms with Crippen LogP contribution in [0.15, 0.2) is 24.3 Å². The Hall–Kier alpha value is -1.55. The van der Waals surface area contributed by atoms with Crippen LogP contribution in [0.25, 0.3) is 0 Å². The van der Waals surface area contributed by atoms with Crippen molar-refractivity contribution in [1.82, 2.24) is 5.32 Å². The van der Waals surface area contributed by atoms with Gasteiger partial charge in [0, 0.05) is 6.54 Å². The maximum atomic E-state index is 12.0. The summed E-state index contributed by atoms with van der Waals surface area (Å²) in [6.45, 7) is 4.72. The predicted octanol–water partition coefficient (Wildman–Crippen LogP) is 2.69. The van der Waals surface area contributed by atoms with Crippen molar-refractivity contribution < 1.29 is 9.59 Å². The third kappa shape index (κ3) is 3.73. The van der Waals surface area contributed by atoms with Gasteiger partial charge in [-0.05, 0) is 24.5 Å². The van der Waals surface area contributed by atoms with Gasteiger partial charge in [-0.15, -0.1) is 0 Å². The van der Waals surface area contributed by atoms with E-state index in [0.717, 1.165) is 0 Å². The predicted molar refractivity (Wildman–Crippen MR) is 79.5 cm³/mol. The molecule has 2 unspecified atom stereocenters. The first-order chi connectivity index (χ1) is 9.49. The number of rotatable bonds is 5. The second kappa shape index (κ2) is 6.27. The molecule has 108 valence electrons. The van der Waals surface area contributed by atoms with E-state index in [2.05, 4.69) is 10.6 Å². The van der Waals surface area contributed by atoms with E-state index in [9.17, 15) is 9.59 Å². The molecule has 0 saturated heterocycles. The van der Waals surface area contributed by atoms with E-state index in [1.165, 1.54) is 0 Å². The summed E-state index contributed by atoms with van der Waals surface area (Å²) in [6, 6.07) is 7.08. The minimum Gasteiger partial charge on any atom is -0.356 e. The van der Waals surface area contributed by atoms with Gasteiger partial charge in [0.2, 0.25) is 11.8 Å². The fraction of sp³-hybridized carbons (Fsp3) is 0.467. The number of carbonyl (C=O) groups excluding carboxylic acids is 2. The molecule has 1 fully saturated rings. The van der Waals surface area contributed by atoms with Crippen LogP contribution in [0.3, 0.4) is 0 Å². The maximum Gasteiger partial charge on any atom is 0.228 e. The molecular weight excluding hydrogens is 276 g/mol. The van der Waals surface area contributed by atoms with Crippen LogP contribution in [0.4, 0.5) is 5.69 Å². The summed E-state index contributed by atoms with van der Waals surface area (Å²) in [6.07, 6.45) is 0.611. The SMILES string of the molecule is CC(C)CNC(=O)C1CC1C(=O)Nc1ccccc1Cl. The Morgan fingerprint density at radius 2 is 1.90 bits per heavy atom. The summed E-state index contributed by atoms with van der Waals surface area (Å²) in [5, 5.41) is 6.13. The fourth-order valence-corrected chi connectivity index (χ4v) is 2.18.